The van der Waals surface area contributed by atoms with Crippen LogP contribution in [0.5, 0.6) is 5.75 Å². The molecule has 2 rings (SSSR count). The largest absolute Gasteiger partial charge is 0.507 e. The van der Waals surface area contributed by atoms with E-state index in [1.807, 2.05) is 0 Å². The van der Waals surface area contributed by atoms with Crippen molar-refractivity contribution in [2.24, 2.45) is 0 Å². The molecule has 1 heterocycles. The summed E-state index contributed by atoms with van der Waals surface area (Å²) in [6.45, 7) is 0.426. The van der Waals surface area contributed by atoms with Gasteiger partial charge in [0.2, 0.25) is 0 Å². The number of alkyl carbamates (subject to hydrolysis) is 1. The van der Waals surface area contributed by atoms with Gasteiger partial charge >= 0.3 is 6.09 Å². The molecule has 1 atom stereocenters. The fraction of sp³-hybridized carbons (Fsp3) is 0.300. The van der Waals surface area contributed by atoms with E-state index in [4.69, 9.17) is 4.74 Å². The number of hydrogen-bond donors (Lipinski definition) is 2. The van der Waals surface area contributed by atoms with Crippen molar-refractivity contribution in [3.05, 3.63) is 28.2 Å². The van der Waals surface area contributed by atoms with Crippen LogP contribution in [0.25, 0.3) is 0 Å². The molecular formula is C10H10BrNO3. The summed E-state index contributed by atoms with van der Waals surface area (Å²) in [5, 5.41) is 12.1. The lowest BCUT2D eigenvalue weighted by molar-refractivity contribution is 0.115. The van der Waals surface area contributed by atoms with Crippen molar-refractivity contribution in [1.82, 2.24) is 5.32 Å². The summed E-state index contributed by atoms with van der Waals surface area (Å²) in [6.07, 6.45) is 0.346. The highest BCUT2D eigenvalue weighted by Gasteiger charge is 2.21. The molecule has 4 nitrogen and oxygen atoms in total. The Kier molecular flexibility index (Phi) is 2.81. The second-order valence-corrected chi connectivity index (χ2v) is 4.19. The second-order valence-electron chi connectivity index (χ2n) is 3.33. The molecule has 80 valence electrons. The first-order chi connectivity index (χ1) is 7.16. The summed E-state index contributed by atoms with van der Waals surface area (Å²) in [5.74, 6) is 0.192. The Morgan fingerprint density at radius 2 is 2.33 bits per heavy atom. The van der Waals surface area contributed by atoms with Crippen molar-refractivity contribution in [2.75, 3.05) is 6.61 Å². The van der Waals surface area contributed by atoms with E-state index in [-0.39, 0.29) is 11.8 Å². The Bertz CT molecular complexity index is 394. The molecule has 1 saturated heterocycles. The minimum atomic E-state index is -0.393. The van der Waals surface area contributed by atoms with Gasteiger partial charge in [-0.05, 0) is 33.6 Å². The van der Waals surface area contributed by atoms with Crippen LogP contribution in [0, 0.1) is 0 Å². The number of carbonyl (C=O) groups is 1. The molecule has 0 radical (unpaired) electrons. The third-order valence-electron chi connectivity index (χ3n) is 2.31. The highest BCUT2D eigenvalue weighted by molar-refractivity contribution is 9.10. The van der Waals surface area contributed by atoms with Crippen LogP contribution >= 0.6 is 15.9 Å². The van der Waals surface area contributed by atoms with E-state index in [1.54, 1.807) is 18.2 Å². The van der Waals surface area contributed by atoms with Gasteiger partial charge in [-0.25, -0.2) is 4.79 Å². The maximum absolute atomic E-state index is 11.0. The molecule has 0 bridgehead atoms. The molecular weight excluding hydrogens is 262 g/mol. The maximum Gasteiger partial charge on any atom is 0.407 e. The Morgan fingerprint density at radius 1 is 1.53 bits per heavy atom. The monoisotopic (exact) mass is 271 g/mol. The number of ether oxygens (including phenoxy) is 1. The van der Waals surface area contributed by atoms with Gasteiger partial charge in [-0.3, -0.25) is 0 Å². The van der Waals surface area contributed by atoms with Crippen LogP contribution < -0.4 is 5.32 Å². The van der Waals surface area contributed by atoms with Gasteiger partial charge in [0, 0.05) is 6.42 Å². The van der Waals surface area contributed by atoms with Crippen LogP contribution in [0.3, 0.4) is 0 Å². The van der Waals surface area contributed by atoms with Crippen LogP contribution in [0.4, 0.5) is 4.79 Å². The molecule has 0 unspecified atom stereocenters. The highest BCUT2D eigenvalue weighted by atomic mass is 79.9. The standard InChI is InChI=1S/C10H10BrNO3/c11-7-5-6(1-2-9(7)13)8-3-4-15-10(14)12-8/h1-2,5,8,13H,3-4H2,(H,12,14)/t8-/m0/s1. The molecule has 1 aromatic carbocycles. The van der Waals surface area contributed by atoms with Gasteiger partial charge in [0.1, 0.15) is 5.75 Å². The fourth-order valence-corrected chi connectivity index (χ4v) is 1.91. The molecule has 1 fully saturated rings. The average molecular weight is 272 g/mol. The number of benzene rings is 1. The summed E-state index contributed by atoms with van der Waals surface area (Å²) >= 11 is 3.23. The third-order valence-corrected chi connectivity index (χ3v) is 2.94. The minimum absolute atomic E-state index is 0.0388. The zero-order valence-corrected chi connectivity index (χ0v) is 9.45. The summed E-state index contributed by atoms with van der Waals surface area (Å²) in [7, 11) is 0. The summed E-state index contributed by atoms with van der Waals surface area (Å²) in [4.78, 5) is 11.0. The number of carbonyl (C=O) groups excluding carboxylic acids is 1. The van der Waals surface area contributed by atoms with Gasteiger partial charge in [0.05, 0.1) is 17.1 Å². The number of aromatic hydroxyl groups is 1. The van der Waals surface area contributed by atoms with Gasteiger partial charge in [-0.2, -0.15) is 0 Å². The van der Waals surface area contributed by atoms with Gasteiger partial charge in [-0.1, -0.05) is 6.07 Å². The fourth-order valence-electron chi connectivity index (χ4n) is 1.52. The predicted molar refractivity (Wildman–Crippen MR) is 57.6 cm³/mol. The number of hydrogen-bond acceptors (Lipinski definition) is 3. The molecule has 5 heteroatoms. The number of cyclic esters (lactones) is 1. The van der Waals surface area contributed by atoms with Crippen molar-refractivity contribution in [1.29, 1.82) is 0 Å². The van der Waals surface area contributed by atoms with Gasteiger partial charge in [0.25, 0.3) is 0 Å². The van der Waals surface area contributed by atoms with Crippen LogP contribution in [0.2, 0.25) is 0 Å². The summed E-state index contributed by atoms with van der Waals surface area (Å²) in [5.41, 5.74) is 0.955. The van der Waals surface area contributed by atoms with Crippen molar-refractivity contribution < 1.29 is 14.6 Å². The third kappa shape index (κ3) is 2.23. The molecule has 1 amide bonds. The lowest BCUT2D eigenvalue weighted by atomic mass is 10.0. The smallest absolute Gasteiger partial charge is 0.407 e. The summed E-state index contributed by atoms with van der Waals surface area (Å²) < 4.78 is 5.40. The second kappa shape index (κ2) is 4.10. The van der Waals surface area contributed by atoms with Crippen molar-refractivity contribution >= 4 is 22.0 Å². The normalized spacial score (nSPS) is 20.6. The number of rotatable bonds is 1. The van der Waals surface area contributed by atoms with Crippen LogP contribution in [-0.4, -0.2) is 17.8 Å². The van der Waals surface area contributed by atoms with E-state index in [0.717, 1.165) is 12.0 Å². The lowest BCUT2D eigenvalue weighted by Gasteiger charge is -2.23. The molecule has 0 aromatic heterocycles. The average Bonchev–Trinajstić information content (AvgIpc) is 2.22. The number of amides is 1. The molecule has 1 aliphatic heterocycles. The molecule has 15 heavy (non-hydrogen) atoms. The molecule has 0 saturated carbocycles. The number of nitrogens with one attached hydrogen (secondary N) is 1. The van der Waals surface area contributed by atoms with Crippen molar-refractivity contribution in [3.8, 4) is 5.75 Å². The van der Waals surface area contributed by atoms with Crippen molar-refractivity contribution in [3.63, 3.8) is 0 Å². The van der Waals surface area contributed by atoms with Crippen LogP contribution in [0.1, 0.15) is 18.0 Å². The first kappa shape index (κ1) is 10.3. The Balaban J connectivity index is 2.21. The Hall–Kier alpha value is -1.23. The molecule has 2 N–H and O–H groups in total. The lowest BCUT2D eigenvalue weighted by Crippen LogP contribution is -2.35. The Morgan fingerprint density at radius 3 is 3.00 bits per heavy atom. The zero-order valence-electron chi connectivity index (χ0n) is 7.87. The predicted octanol–water partition coefficient (Wildman–Crippen LogP) is 2.33. The number of phenolic OH excluding ortho intramolecular Hbond substituents is 1. The van der Waals surface area contributed by atoms with Gasteiger partial charge in [0.15, 0.2) is 0 Å². The number of phenols is 1. The van der Waals surface area contributed by atoms with E-state index in [0.29, 0.717) is 11.1 Å². The maximum atomic E-state index is 11.0. The minimum Gasteiger partial charge on any atom is -0.507 e. The van der Waals surface area contributed by atoms with Crippen LogP contribution in [-0.2, 0) is 4.74 Å². The molecule has 0 aliphatic carbocycles. The van der Waals surface area contributed by atoms with E-state index in [2.05, 4.69) is 21.2 Å². The SMILES string of the molecule is O=C1N[C@H](c2ccc(O)c(Br)c2)CCO1. The van der Waals surface area contributed by atoms with E-state index in [9.17, 15) is 9.90 Å². The van der Waals surface area contributed by atoms with Crippen LogP contribution in [0.15, 0.2) is 22.7 Å². The summed E-state index contributed by atoms with van der Waals surface area (Å²) in [6, 6.07) is 5.14. The topological polar surface area (TPSA) is 58.6 Å². The van der Waals surface area contributed by atoms with Crippen molar-refractivity contribution in [2.45, 2.75) is 12.5 Å². The quantitative estimate of drug-likeness (QED) is 0.824. The van der Waals surface area contributed by atoms with Gasteiger partial charge in [-0.15, -0.1) is 0 Å². The number of halogens is 1. The zero-order chi connectivity index (χ0) is 10.8. The molecule has 1 aromatic rings. The highest BCUT2D eigenvalue weighted by Crippen LogP contribution is 2.29. The Labute approximate surface area is 95.4 Å². The van der Waals surface area contributed by atoms with E-state index in [1.165, 1.54) is 0 Å². The van der Waals surface area contributed by atoms with E-state index >= 15 is 0 Å². The van der Waals surface area contributed by atoms with Gasteiger partial charge < -0.3 is 15.2 Å². The van der Waals surface area contributed by atoms with E-state index < -0.39 is 6.09 Å². The molecule has 0 spiro atoms. The first-order valence-electron chi connectivity index (χ1n) is 4.58. The first-order valence-corrected chi connectivity index (χ1v) is 5.38. The molecule has 1 aliphatic rings.